The number of carbonyl (C=O) groups excluding carboxylic acids is 2. The minimum atomic E-state index is -0.814. The van der Waals surface area contributed by atoms with Gasteiger partial charge in [0.1, 0.15) is 12.4 Å². The van der Waals surface area contributed by atoms with Crippen LogP contribution in [0.25, 0.3) is 5.65 Å². The van der Waals surface area contributed by atoms with Crippen LogP contribution in [0.4, 0.5) is 0 Å². The van der Waals surface area contributed by atoms with E-state index in [0.29, 0.717) is 12.2 Å². The highest BCUT2D eigenvalue weighted by atomic mass is 35.5. The number of hydrogen-bond acceptors (Lipinski definition) is 8. The molecule has 12 heteroatoms. The maximum Gasteiger partial charge on any atom is 0.353 e. The highest BCUT2D eigenvalue weighted by molar-refractivity contribution is 7.98. The normalized spacial score (nSPS) is 12.1. The first-order chi connectivity index (χ1) is 12.0. The number of halogens is 1. The summed E-state index contributed by atoms with van der Waals surface area (Å²) < 4.78 is 6.86. The molecule has 0 saturated carbocycles. The van der Waals surface area contributed by atoms with Crippen molar-refractivity contribution in [3.63, 3.8) is 0 Å². The van der Waals surface area contributed by atoms with Crippen LogP contribution < -0.4 is 11.0 Å². The molecule has 0 aliphatic heterocycles. The molecule has 1 N–H and O–H groups in total. The minimum Gasteiger partial charge on any atom is -0.467 e. The summed E-state index contributed by atoms with van der Waals surface area (Å²) in [7, 11) is 1.25. The lowest BCUT2D eigenvalue weighted by Crippen LogP contribution is -2.42. The zero-order valence-electron chi connectivity index (χ0n) is 13.6. The lowest BCUT2D eigenvalue weighted by atomic mass is 10.2. The van der Waals surface area contributed by atoms with Gasteiger partial charge >= 0.3 is 11.7 Å². The summed E-state index contributed by atoms with van der Waals surface area (Å²) in [6.07, 6.45) is 3.47. The fourth-order valence-corrected chi connectivity index (χ4v) is 2.70. The van der Waals surface area contributed by atoms with Crippen molar-refractivity contribution >= 4 is 40.9 Å². The number of imidazole rings is 1. The molecule has 0 radical (unpaired) electrons. The van der Waals surface area contributed by atoms with Crippen LogP contribution in [-0.2, 0) is 16.1 Å². The highest BCUT2D eigenvalue weighted by Gasteiger charge is 2.25. The maximum absolute atomic E-state index is 12.4. The predicted molar refractivity (Wildman–Crippen MR) is 92.0 cm³/mol. The Balaban J connectivity index is 2.28. The Kier molecular flexibility index (Phi) is 6.76. The van der Waals surface area contributed by atoms with Gasteiger partial charge in [-0.3, -0.25) is 4.79 Å². The molecular formula is C13H17ClN6O4S. The average molecular weight is 389 g/mol. The molecule has 2 heterocycles. The van der Waals surface area contributed by atoms with E-state index in [9.17, 15) is 14.4 Å². The number of aryl methyl sites for hydroxylation is 1. The van der Waals surface area contributed by atoms with E-state index in [-0.39, 0.29) is 23.8 Å². The molecule has 0 aliphatic rings. The lowest BCUT2D eigenvalue weighted by Gasteiger charge is -2.15. The van der Waals surface area contributed by atoms with Crippen LogP contribution in [0.15, 0.2) is 11.1 Å². The number of ether oxygens (including phenoxy) is 1. The Morgan fingerprint density at radius 2 is 2.24 bits per heavy atom. The van der Waals surface area contributed by atoms with E-state index in [1.54, 1.807) is 0 Å². The van der Waals surface area contributed by atoms with Crippen LogP contribution in [0.3, 0.4) is 0 Å². The fourth-order valence-electron chi connectivity index (χ4n) is 2.07. The van der Waals surface area contributed by atoms with Gasteiger partial charge in [0, 0.05) is 5.88 Å². The van der Waals surface area contributed by atoms with Gasteiger partial charge in [-0.15, -0.1) is 16.7 Å². The summed E-state index contributed by atoms with van der Waals surface area (Å²) in [4.78, 5) is 40.3. The number of nitrogens with one attached hydrogen (secondary N) is 1. The predicted octanol–water partition coefficient (Wildman–Crippen LogP) is -0.451. The number of nitrogens with zero attached hydrogens (tertiary/aromatic N) is 5. The van der Waals surface area contributed by atoms with Gasteiger partial charge in [0.15, 0.2) is 11.3 Å². The van der Waals surface area contributed by atoms with Crippen molar-refractivity contribution in [3.8, 4) is 0 Å². The number of carbonyl (C=O) groups is 2. The second-order valence-electron chi connectivity index (χ2n) is 4.90. The molecule has 1 amide bonds. The van der Waals surface area contributed by atoms with E-state index >= 15 is 0 Å². The SMILES string of the molecule is COC(=O)[C@H](CCSC)NC(=O)c1ncn2c(=O)n(CCCl)nnc12. The second-order valence-corrected chi connectivity index (χ2v) is 6.27. The quantitative estimate of drug-likeness (QED) is 0.476. The Morgan fingerprint density at radius 1 is 1.48 bits per heavy atom. The molecule has 0 spiro atoms. The Hall–Kier alpha value is -2.14. The molecule has 0 aliphatic carbocycles. The molecule has 1 atom stereocenters. The minimum absolute atomic E-state index is 0.00167. The third kappa shape index (κ3) is 4.28. The van der Waals surface area contributed by atoms with Gasteiger partial charge in [0.25, 0.3) is 5.91 Å². The van der Waals surface area contributed by atoms with Gasteiger partial charge in [0.2, 0.25) is 0 Å². The topological polar surface area (TPSA) is 120 Å². The first-order valence-corrected chi connectivity index (χ1v) is 9.20. The van der Waals surface area contributed by atoms with Crippen molar-refractivity contribution in [2.24, 2.45) is 0 Å². The summed E-state index contributed by atoms with van der Waals surface area (Å²) in [5.74, 6) is -0.338. The molecule has 0 saturated heterocycles. The highest BCUT2D eigenvalue weighted by Crippen LogP contribution is 2.07. The molecule has 0 bridgehead atoms. The Bertz CT molecular complexity index is 822. The summed E-state index contributed by atoms with van der Waals surface area (Å²) in [6, 6.07) is -0.814. The van der Waals surface area contributed by atoms with Gasteiger partial charge in [0.05, 0.1) is 13.7 Å². The van der Waals surface area contributed by atoms with E-state index in [0.717, 1.165) is 9.08 Å². The Morgan fingerprint density at radius 3 is 2.88 bits per heavy atom. The number of fused-ring (bicyclic) bond motifs is 1. The molecule has 0 unspecified atom stereocenters. The van der Waals surface area contributed by atoms with E-state index in [4.69, 9.17) is 16.3 Å². The van der Waals surface area contributed by atoms with Crippen molar-refractivity contribution in [3.05, 3.63) is 22.5 Å². The number of alkyl halides is 1. The number of amides is 1. The van der Waals surface area contributed by atoms with E-state index in [1.807, 2.05) is 6.26 Å². The van der Waals surface area contributed by atoms with Crippen LogP contribution in [0.2, 0.25) is 0 Å². The summed E-state index contributed by atoms with van der Waals surface area (Å²) >= 11 is 7.13. The van der Waals surface area contributed by atoms with Crippen molar-refractivity contribution in [2.45, 2.75) is 19.0 Å². The standard InChI is InChI=1S/C13H17ClN6O4S/c1-24-12(22)8(3-6-25-2)16-11(21)9-10-17-18-20(5-4-14)13(23)19(10)7-15-9/h7-8H,3-6H2,1-2H3,(H,16,21)/t8-/m0/s1. The number of rotatable bonds is 8. The maximum atomic E-state index is 12.4. The molecule has 0 aromatic carbocycles. The van der Waals surface area contributed by atoms with Gasteiger partial charge < -0.3 is 10.1 Å². The van der Waals surface area contributed by atoms with E-state index in [1.165, 1.54) is 25.2 Å². The van der Waals surface area contributed by atoms with Gasteiger partial charge in [-0.25, -0.2) is 19.0 Å². The zero-order valence-corrected chi connectivity index (χ0v) is 15.2. The van der Waals surface area contributed by atoms with Crippen LogP contribution in [-0.4, -0.2) is 67.3 Å². The summed E-state index contributed by atoms with van der Waals surface area (Å²) in [5, 5.41) is 10.1. The van der Waals surface area contributed by atoms with Crippen LogP contribution >= 0.6 is 23.4 Å². The number of thioether (sulfide) groups is 1. The Labute approximate surface area is 151 Å². The van der Waals surface area contributed by atoms with Gasteiger partial charge in [-0.1, -0.05) is 5.21 Å². The first kappa shape index (κ1) is 19.2. The fraction of sp³-hybridized carbons (Fsp3) is 0.538. The van der Waals surface area contributed by atoms with E-state index < -0.39 is 23.6 Å². The molecule has 10 nitrogen and oxygen atoms in total. The number of aromatic nitrogens is 5. The van der Waals surface area contributed by atoms with Gasteiger partial charge in [-0.05, 0) is 18.4 Å². The summed E-state index contributed by atoms with van der Waals surface area (Å²) in [6.45, 7) is 0.183. The number of methoxy groups -OCH3 is 1. The van der Waals surface area contributed by atoms with Crippen molar-refractivity contribution in [1.82, 2.24) is 29.7 Å². The van der Waals surface area contributed by atoms with Crippen molar-refractivity contribution in [2.75, 3.05) is 25.0 Å². The average Bonchev–Trinajstić information content (AvgIpc) is 3.05. The molecular weight excluding hydrogens is 372 g/mol. The molecule has 2 aromatic rings. The zero-order chi connectivity index (χ0) is 18.4. The molecule has 2 rings (SSSR count). The van der Waals surface area contributed by atoms with Crippen LogP contribution in [0, 0.1) is 0 Å². The smallest absolute Gasteiger partial charge is 0.353 e. The van der Waals surface area contributed by atoms with Gasteiger partial charge in [-0.2, -0.15) is 16.4 Å². The lowest BCUT2D eigenvalue weighted by molar-refractivity contribution is -0.142. The summed E-state index contributed by atoms with van der Waals surface area (Å²) in [5.41, 5.74) is -0.605. The van der Waals surface area contributed by atoms with Crippen molar-refractivity contribution in [1.29, 1.82) is 0 Å². The third-order valence-corrected chi connectivity index (χ3v) is 4.14. The largest absolute Gasteiger partial charge is 0.467 e. The number of hydrogen-bond donors (Lipinski definition) is 1. The van der Waals surface area contributed by atoms with Crippen LogP contribution in [0.5, 0.6) is 0 Å². The first-order valence-electron chi connectivity index (χ1n) is 7.28. The second kappa shape index (κ2) is 8.81. The van der Waals surface area contributed by atoms with Crippen LogP contribution in [0.1, 0.15) is 16.9 Å². The molecule has 136 valence electrons. The van der Waals surface area contributed by atoms with Crippen molar-refractivity contribution < 1.29 is 14.3 Å². The monoisotopic (exact) mass is 388 g/mol. The molecule has 25 heavy (non-hydrogen) atoms. The number of esters is 1. The molecule has 0 fully saturated rings. The third-order valence-electron chi connectivity index (χ3n) is 3.33. The molecule has 2 aromatic heterocycles. The van der Waals surface area contributed by atoms with E-state index in [2.05, 4.69) is 20.6 Å².